The van der Waals surface area contributed by atoms with Crippen molar-refractivity contribution in [1.29, 1.82) is 5.26 Å². The molecule has 156 valence electrons. The minimum absolute atomic E-state index is 0. The number of amides is 1. The fraction of sp³-hybridized carbons (Fsp3) is 0.550. The van der Waals surface area contributed by atoms with Gasteiger partial charge in [0.05, 0.1) is 23.7 Å². The number of nitrogens with zero attached hydrogens (tertiary/aromatic N) is 2. The third kappa shape index (κ3) is 11.0. The van der Waals surface area contributed by atoms with E-state index in [0.29, 0.717) is 24.6 Å². The number of benzene rings is 1. The lowest BCUT2D eigenvalue weighted by Gasteiger charge is -2.29. The lowest BCUT2D eigenvalue weighted by molar-refractivity contribution is 0.0474. The number of ether oxygens (including phenoxy) is 1. The summed E-state index contributed by atoms with van der Waals surface area (Å²) in [6, 6.07) is 9.43. The maximum atomic E-state index is 12.0. The van der Waals surface area contributed by atoms with Crippen LogP contribution in [0.15, 0.2) is 29.3 Å². The van der Waals surface area contributed by atoms with Crippen molar-refractivity contribution in [3.05, 3.63) is 35.4 Å². The van der Waals surface area contributed by atoms with E-state index < -0.39 is 17.2 Å². The highest BCUT2D eigenvalue weighted by Gasteiger charge is 2.24. The van der Waals surface area contributed by atoms with Gasteiger partial charge in [0.15, 0.2) is 5.96 Å². The lowest BCUT2D eigenvalue weighted by atomic mass is 10.1. The molecule has 0 fully saturated rings. The number of rotatable bonds is 6. The molecule has 0 aliphatic carbocycles. The molecule has 3 N–H and O–H groups in total. The molecule has 0 saturated heterocycles. The van der Waals surface area contributed by atoms with Crippen LogP contribution < -0.4 is 16.0 Å². The summed E-state index contributed by atoms with van der Waals surface area (Å²) in [5.74, 6) is 0.654. The first-order valence-electron chi connectivity index (χ1n) is 9.07. The molecule has 0 bridgehead atoms. The van der Waals surface area contributed by atoms with Crippen LogP contribution >= 0.6 is 24.0 Å². The Morgan fingerprint density at radius 1 is 1.14 bits per heavy atom. The molecule has 0 radical (unpaired) electrons. The molecule has 1 amide bonds. The minimum atomic E-state index is -0.537. The van der Waals surface area contributed by atoms with Crippen LogP contribution in [-0.4, -0.2) is 36.3 Å². The normalized spacial score (nSPS) is 11.7. The Kier molecular flexibility index (Phi) is 10.9. The van der Waals surface area contributed by atoms with E-state index in [1.807, 2.05) is 53.7 Å². The van der Waals surface area contributed by atoms with E-state index in [0.717, 1.165) is 12.1 Å². The molecule has 1 rings (SSSR count). The van der Waals surface area contributed by atoms with E-state index in [9.17, 15) is 4.79 Å². The zero-order chi connectivity index (χ0) is 20.5. The fourth-order valence-corrected chi connectivity index (χ4v) is 2.13. The van der Waals surface area contributed by atoms with Gasteiger partial charge in [-0.05, 0) is 59.2 Å². The summed E-state index contributed by atoms with van der Waals surface area (Å²) in [5.41, 5.74) is 0.581. The van der Waals surface area contributed by atoms with Crippen molar-refractivity contribution in [2.45, 2.75) is 59.2 Å². The van der Waals surface area contributed by atoms with Gasteiger partial charge in [0.1, 0.15) is 5.60 Å². The zero-order valence-corrected chi connectivity index (χ0v) is 19.9. The number of carbonyl (C=O) groups excluding carboxylic acids is 1. The highest BCUT2D eigenvalue weighted by atomic mass is 127. The molecule has 0 unspecified atom stereocenters. The Bertz CT molecular complexity index is 688. The number of hydrogen-bond donors (Lipinski definition) is 3. The van der Waals surface area contributed by atoms with Gasteiger partial charge >= 0.3 is 6.09 Å². The second-order valence-electron chi connectivity index (χ2n) is 7.87. The van der Waals surface area contributed by atoms with Gasteiger partial charge in [-0.2, -0.15) is 5.26 Å². The highest BCUT2D eigenvalue weighted by Crippen LogP contribution is 2.09. The second-order valence-corrected chi connectivity index (χ2v) is 7.87. The van der Waals surface area contributed by atoms with E-state index in [1.165, 1.54) is 0 Å². The van der Waals surface area contributed by atoms with Crippen molar-refractivity contribution in [1.82, 2.24) is 16.0 Å². The van der Waals surface area contributed by atoms with Crippen molar-refractivity contribution < 1.29 is 9.53 Å². The second kappa shape index (κ2) is 11.7. The summed E-state index contributed by atoms with van der Waals surface area (Å²) < 4.78 is 5.31. The Hall–Kier alpha value is -2.02. The van der Waals surface area contributed by atoms with E-state index in [2.05, 4.69) is 27.0 Å². The molecule has 0 aliphatic rings. The molecule has 7 nitrogen and oxygen atoms in total. The van der Waals surface area contributed by atoms with Gasteiger partial charge in [-0.1, -0.05) is 12.1 Å². The topological polar surface area (TPSA) is 98.5 Å². The van der Waals surface area contributed by atoms with Crippen LogP contribution in [0.3, 0.4) is 0 Å². The number of carbonyl (C=O) groups is 1. The quantitative estimate of drug-likeness (QED) is 0.315. The van der Waals surface area contributed by atoms with E-state index >= 15 is 0 Å². The number of guanidine groups is 1. The third-order valence-electron chi connectivity index (χ3n) is 3.38. The van der Waals surface area contributed by atoms with E-state index in [4.69, 9.17) is 10.00 Å². The molecule has 0 atom stereocenters. The molecule has 28 heavy (non-hydrogen) atoms. The zero-order valence-electron chi connectivity index (χ0n) is 17.5. The van der Waals surface area contributed by atoms with Crippen molar-refractivity contribution in [2.75, 3.05) is 13.1 Å². The van der Waals surface area contributed by atoms with Crippen molar-refractivity contribution in [3.63, 3.8) is 0 Å². The lowest BCUT2D eigenvalue weighted by Crippen LogP contribution is -2.54. The summed E-state index contributed by atoms with van der Waals surface area (Å²) in [4.78, 5) is 16.5. The van der Waals surface area contributed by atoms with E-state index in [-0.39, 0.29) is 24.0 Å². The predicted molar refractivity (Wildman–Crippen MR) is 123 cm³/mol. The van der Waals surface area contributed by atoms with Crippen LogP contribution in [0.5, 0.6) is 0 Å². The maximum Gasteiger partial charge on any atom is 0.408 e. The molecular weight excluding hydrogens is 469 g/mol. The molecule has 1 aromatic carbocycles. The van der Waals surface area contributed by atoms with Gasteiger partial charge < -0.3 is 20.7 Å². The summed E-state index contributed by atoms with van der Waals surface area (Å²) in [5, 5.41) is 18.1. The SMILES string of the molecule is CCNC(=NCc1ccc(C#N)cc1)NCC(C)(C)NC(=O)OC(C)(C)C.I. The molecular formula is C20H32IN5O2. The van der Waals surface area contributed by atoms with Gasteiger partial charge in [0.25, 0.3) is 0 Å². The molecule has 0 spiro atoms. The summed E-state index contributed by atoms with van der Waals surface area (Å²) in [6.45, 7) is 13.0. The highest BCUT2D eigenvalue weighted by molar-refractivity contribution is 14.0. The third-order valence-corrected chi connectivity index (χ3v) is 3.38. The standard InChI is InChI=1S/C20H31N5O2.HI/c1-7-22-17(23-13-16-10-8-15(12-21)9-11-16)24-14-20(5,6)25-18(26)27-19(2,3)4;/h8-11H,7,13-14H2,1-6H3,(H,25,26)(H2,22,23,24);1H. The molecule has 1 aromatic rings. The summed E-state index contributed by atoms with van der Waals surface area (Å²) in [7, 11) is 0. The monoisotopic (exact) mass is 501 g/mol. The van der Waals surface area contributed by atoms with Crippen LogP contribution in [-0.2, 0) is 11.3 Å². The molecule has 0 heterocycles. The Morgan fingerprint density at radius 2 is 1.75 bits per heavy atom. The van der Waals surface area contributed by atoms with Gasteiger partial charge in [-0.25, -0.2) is 9.79 Å². The number of nitriles is 1. The Labute approximate surface area is 185 Å². The average Bonchev–Trinajstić information content (AvgIpc) is 2.55. The van der Waals surface area contributed by atoms with Crippen LogP contribution in [0.2, 0.25) is 0 Å². The van der Waals surface area contributed by atoms with Crippen LogP contribution in [0.4, 0.5) is 4.79 Å². The smallest absolute Gasteiger partial charge is 0.408 e. The van der Waals surface area contributed by atoms with Crippen molar-refractivity contribution >= 4 is 36.0 Å². The minimum Gasteiger partial charge on any atom is -0.444 e. The Balaban J connectivity index is 0.00000729. The molecule has 8 heteroatoms. The van der Waals surface area contributed by atoms with Gasteiger partial charge in [0.2, 0.25) is 0 Å². The number of halogens is 1. The first-order chi connectivity index (χ1) is 12.5. The number of alkyl carbamates (subject to hydrolysis) is 1. The summed E-state index contributed by atoms with van der Waals surface area (Å²) in [6.07, 6.45) is -0.450. The molecule has 0 aromatic heterocycles. The Morgan fingerprint density at radius 3 is 2.25 bits per heavy atom. The van der Waals surface area contributed by atoms with Crippen molar-refractivity contribution in [3.8, 4) is 6.07 Å². The first kappa shape index (κ1) is 26.0. The number of hydrogen-bond acceptors (Lipinski definition) is 4. The average molecular weight is 501 g/mol. The molecule has 0 saturated carbocycles. The van der Waals surface area contributed by atoms with E-state index in [1.54, 1.807) is 12.1 Å². The van der Waals surface area contributed by atoms with Crippen LogP contribution in [0, 0.1) is 11.3 Å². The predicted octanol–water partition coefficient (Wildman–Crippen LogP) is 3.53. The van der Waals surface area contributed by atoms with Gasteiger partial charge in [-0.3, -0.25) is 0 Å². The summed E-state index contributed by atoms with van der Waals surface area (Å²) >= 11 is 0. The maximum absolute atomic E-state index is 12.0. The van der Waals surface area contributed by atoms with Crippen LogP contribution in [0.1, 0.15) is 52.7 Å². The molecule has 0 aliphatic heterocycles. The number of aliphatic imine (C=N–C) groups is 1. The number of nitrogens with one attached hydrogen (secondary N) is 3. The fourth-order valence-electron chi connectivity index (χ4n) is 2.13. The van der Waals surface area contributed by atoms with Gasteiger partial charge in [-0.15, -0.1) is 24.0 Å². The first-order valence-corrected chi connectivity index (χ1v) is 9.07. The van der Waals surface area contributed by atoms with Crippen LogP contribution in [0.25, 0.3) is 0 Å². The van der Waals surface area contributed by atoms with Gasteiger partial charge in [0, 0.05) is 13.1 Å². The largest absolute Gasteiger partial charge is 0.444 e. The van der Waals surface area contributed by atoms with Crippen molar-refractivity contribution in [2.24, 2.45) is 4.99 Å².